The van der Waals surface area contributed by atoms with Crippen LogP contribution in [0.5, 0.6) is 5.75 Å². The first-order valence-electron chi connectivity index (χ1n) is 12.1. The Hall–Kier alpha value is -3.13. The van der Waals surface area contributed by atoms with Gasteiger partial charge in [-0.05, 0) is 50.1 Å². The number of nitrogens with one attached hydrogen (secondary N) is 3. The molecular weight excluding hydrogens is 396 g/mol. The smallest absolute Gasteiger partial charge is 0.162 e. The van der Waals surface area contributed by atoms with Gasteiger partial charge in [0.1, 0.15) is 11.6 Å². The number of nitriles is 1. The summed E-state index contributed by atoms with van der Waals surface area (Å²) in [7, 11) is 0. The molecular formula is C27H36N4O. The topological polar surface area (TPSA) is 80.4 Å². The molecule has 0 saturated carbocycles. The number of nitrogens with zero attached hydrogens (tertiary/aromatic N) is 1. The maximum absolute atomic E-state index is 9.73. The van der Waals surface area contributed by atoms with E-state index < -0.39 is 0 Å². The van der Waals surface area contributed by atoms with Gasteiger partial charge in [0, 0.05) is 16.9 Å². The van der Waals surface area contributed by atoms with E-state index in [4.69, 9.17) is 4.74 Å². The lowest BCUT2D eigenvalue weighted by molar-refractivity contribution is 0.339. The van der Waals surface area contributed by atoms with Crippen molar-refractivity contribution in [3.8, 4) is 23.2 Å². The molecule has 0 spiro atoms. The van der Waals surface area contributed by atoms with Crippen molar-refractivity contribution < 1.29 is 4.74 Å². The second-order valence-electron chi connectivity index (χ2n) is 8.23. The molecule has 5 heteroatoms. The van der Waals surface area contributed by atoms with Crippen molar-refractivity contribution in [2.45, 2.75) is 71.6 Å². The van der Waals surface area contributed by atoms with Gasteiger partial charge in [-0.25, -0.2) is 0 Å². The minimum absolute atomic E-state index is 0.500. The molecule has 0 bridgehead atoms. The summed E-state index contributed by atoms with van der Waals surface area (Å²) < 4.78 is 5.83. The van der Waals surface area contributed by atoms with E-state index in [0.717, 1.165) is 34.2 Å². The van der Waals surface area contributed by atoms with Gasteiger partial charge in [0.05, 0.1) is 23.7 Å². The lowest BCUT2D eigenvalue weighted by atomic mass is 10.1. The summed E-state index contributed by atoms with van der Waals surface area (Å²) in [4.78, 5) is 9.99. The minimum Gasteiger partial charge on any atom is -0.490 e. The van der Waals surface area contributed by atoms with E-state index in [9.17, 15) is 5.26 Å². The van der Waals surface area contributed by atoms with Gasteiger partial charge >= 0.3 is 0 Å². The Kier molecular flexibility index (Phi) is 9.31. The molecule has 0 unspecified atom stereocenters. The van der Waals surface area contributed by atoms with Crippen LogP contribution in [0.15, 0.2) is 30.5 Å². The molecule has 3 aromatic heterocycles. The minimum atomic E-state index is 0.500. The van der Waals surface area contributed by atoms with E-state index in [0.29, 0.717) is 17.9 Å². The lowest BCUT2D eigenvalue weighted by Crippen LogP contribution is -2.09. The zero-order valence-corrected chi connectivity index (χ0v) is 19.5. The molecule has 0 aliphatic rings. The van der Waals surface area contributed by atoms with Crippen LogP contribution in [0.2, 0.25) is 0 Å². The van der Waals surface area contributed by atoms with Gasteiger partial charge in [-0.15, -0.1) is 0 Å². The highest BCUT2D eigenvalue weighted by molar-refractivity contribution is 5.74. The fourth-order valence-electron chi connectivity index (χ4n) is 4.02. The third-order valence-electron chi connectivity index (χ3n) is 5.70. The van der Waals surface area contributed by atoms with E-state index >= 15 is 0 Å². The van der Waals surface area contributed by atoms with E-state index in [1.165, 1.54) is 51.4 Å². The van der Waals surface area contributed by atoms with Crippen molar-refractivity contribution in [3.63, 3.8) is 0 Å². The third kappa shape index (κ3) is 6.43. The highest BCUT2D eigenvalue weighted by Gasteiger charge is 2.19. The highest BCUT2D eigenvalue weighted by atomic mass is 16.5. The van der Waals surface area contributed by atoms with E-state index in [1.54, 1.807) is 0 Å². The number of rotatable bonds is 13. The number of hydrogen-bond donors (Lipinski definition) is 3. The molecule has 0 aliphatic heterocycles. The van der Waals surface area contributed by atoms with Gasteiger partial charge in [0.2, 0.25) is 0 Å². The number of unbranched alkanes of at least 4 members (excludes halogenated alkanes) is 8. The van der Waals surface area contributed by atoms with Gasteiger partial charge in [-0.3, -0.25) is 0 Å². The molecule has 170 valence electrons. The van der Waals surface area contributed by atoms with Crippen LogP contribution in [0, 0.1) is 11.3 Å². The number of aromatic amines is 3. The van der Waals surface area contributed by atoms with Gasteiger partial charge in [-0.1, -0.05) is 57.9 Å². The Balaban J connectivity index is 1.67. The Labute approximate surface area is 191 Å². The summed E-state index contributed by atoms with van der Waals surface area (Å²) in [6, 6.07) is 10.3. The maximum atomic E-state index is 9.73. The van der Waals surface area contributed by atoms with Gasteiger partial charge in [-0.2, -0.15) is 5.26 Å². The predicted molar refractivity (Wildman–Crippen MR) is 132 cm³/mol. The number of ether oxygens (including phenoxy) is 1. The van der Waals surface area contributed by atoms with E-state index in [-0.39, 0.29) is 0 Å². The van der Waals surface area contributed by atoms with Crippen LogP contribution in [0.1, 0.15) is 82.9 Å². The van der Waals surface area contributed by atoms with Crippen LogP contribution >= 0.6 is 0 Å². The van der Waals surface area contributed by atoms with Crippen LogP contribution in [-0.4, -0.2) is 21.6 Å². The second kappa shape index (κ2) is 12.7. The summed E-state index contributed by atoms with van der Waals surface area (Å²) >= 11 is 0. The van der Waals surface area contributed by atoms with Crippen LogP contribution < -0.4 is 15.4 Å². The first-order chi connectivity index (χ1) is 15.8. The fourth-order valence-corrected chi connectivity index (χ4v) is 4.02. The third-order valence-corrected chi connectivity index (χ3v) is 5.70. The number of H-pyrrole nitrogens is 3. The average molecular weight is 433 g/mol. The highest BCUT2D eigenvalue weighted by Crippen LogP contribution is 2.33. The summed E-state index contributed by atoms with van der Waals surface area (Å²) in [5.74, 6) is 0.596. The summed E-state index contributed by atoms with van der Waals surface area (Å²) in [6.45, 7) is 4.69. The average Bonchev–Trinajstić information content (AvgIpc) is 3.54. The largest absolute Gasteiger partial charge is 0.490 e. The monoisotopic (exact) mass is 432 g/mol. The molecule has 3 heterocycles. The molecule has 0 amide bonds. The molecule has 0 fully saturated rings. The zero-order chi connectivity index (χ0) is 22.6. The van der Waals surface area contributed by atoms with Crippen LogP contribution in [0.4, 0.5) is 0 Å². The predicted octanol–water partition coefficient (Wildman–Crippen LogP) is 5.75. The fraction of sp³-hybridized carbons (Fsp3) is 0.444. The van der Waals surface area contributed by atoms with Gasteiger partial charge < -0.3 is 19.7 Å². The van der Waals surface area contributed by atoms with Crippen molar-refractivity contribution in [3.05, 3.63) is 52.4 Å². The van der Waals surface area contributed by atoms with Crippen molar-refractivity contribution in [1.82, 2.24) is 15.0 Å². The summed E-state index contributed by atoms with van der Waals surface area (Å²) in [5, 5.41) is 11.8. The molecule has 3 N–H and O–H groups in total. The van der Waals surface area contributed by atoms with Crippen LogP contribution in [0.3, 0.4) is 0 Å². The molecule has 5 nitrogen and oxygen atoms in total. The molecule has 3 rings (SSSR count). The maximum Gasteiger partial charge on any atom is 0.162 e. The van der Waals surface area contributed by atoms with Gasteiger partial charge in [0.15, 0.2) is 5.75 Å². The Morgan fingerprint density at radius 2 is 1.69 bits per heavy atom. The summed E-state index contributed by atoms with van der Waals surface area (Å²) in [5.41, 5.74) is 2.94. The molecule has 0 aromatic carbocycles. The molecule has 0 atom stereocenters. The molecule has 0 radical (unpaired) electrons. The van der Waals surface area contributed by atoms with Crippen molar-refractivity contribution in [1.29, 1.82) is 5.26 Å². The Bertz CT molecular complexity index is 1100. The first-order valence-corrected chi connectivity index (χ1v) is 12.1. The SMILES string of the molecule is CCCCCCCCCCC=c1ccc(=Cc2[nH]c(-c3ccc[nH]3)c(C#N)c2OCC)[nH]1. The molecule has 0 aliphatic carbocycles. The normalized spacial score (nSPS) is 12.4. The Morgan fingerprint density at radius 1 is 0.938 bits per heavy atom. The summed E-state index contributed by atoms with van der Waals surface area (Å²) in [6.07, 6.45) is 17.9. The molecule has 0 saturated heterocycles. The first kappa shape index (κ1) is 23.5. The van der Waals surface area contributed by atoms with Crippen LogP contribution in [-0.2, 0) is 0 Å². The van der Waals surface area contributed by atoms with Crippen molar-refractivity contribution in [2.75, 3.05) is 6.61 Å². The number of aromatic nitrogens is 3. The zero-order valence-electron chi connectivity index (χ0n) is 19.5. The van der Waals surface area contributed by atoms with Crippen LogP contribution in [0.25, 0.3) is 23.5 Å². The molecule has 32 heavy (non-hydrogen) atoms. The van der Waals surface area contributed by atoms with Crippen molar-refractivity contribution >= 4 is 12.2 Å². The number of hydrogen-bond acceptors (Lipinski definition) is 2. The second-order valence-corrected chi connectivity index (χ2v) is 8.23. The standard InChI is InChI=1S/C27H36N4O/c1-3-5-6-7-8-9-10-11-12-14-21-16-17-22(30-21)19-25-27(32-4-2)23(20-28)26(31-25)24-15-13-18-29-24/h13-19,29-31H,3-12H2,1-2H3. The van der Waals surface area contributed by atoms with E-state index in [2.05, 4.69) is 46.2 Å². The quantitative estimate of drug-likeness (QED) is 0.301. The Morgan fingerprint density at radius 3 is 2.38 bits per heavy atom. The van der Waals surface area contributed by atoms with E-state index in [1.807, 2.05) is 31.3 Å². The van der Waals surface area contributed by atoms with Gasteiger partial charge in [0.25, 0.3) is 0 Å². The van der Waals surface area contributed by atoms with Crippen molar-refractivity contribution in [2.24, 2.45) is 0 Å². The lowest BCUT2D eigenvalue weighted by Gasteiger charge is -2.02. The molecule has 3 aromatic rings.